The molecule has 1 saturated heterocycles. The lowest BCUT2D eigenvalue weighted by molar-refractivity contribution is -0.153. The van der Waals surface area contributed by atoms with Gasteiger partial charge in [0.2, 0.25) is 5.91 Å². The number of carbonyl (C=O) groups is 1. The molecule has 2 N–H and O–H groups in total. The molecule has 0 saturated carbocycles. The molecule has 1 aliphatic heterocycles. The molecule has 0 bridgehead atoms. The molecule has 4 nitrogen and oxygen atoms in total. The second kappa shape index (κ2) is 5.53. The smallest absolute Gasteiger partial charge is 0.235 e. The van der Waals surface area contributed by atoms with E-state index >= 15 is 0 Å². The van der Waals surface area contributed by atoms with E-state index in [4.69, 9.17) is 22.7 Å². The first-order valence-electron chi connectivity index (χ1n) is 6.52. The molecule has 0 spiro atoms. The molecule has 1 heterocycles. The van der Waals surface area contributed by atoms with Crippen molar-refractivity contribution in [2.75, 3.05) is 19.7 Å². The van der Waals surface area contributed by atoms with Crippen LogP contribution in [-0.2, 0) is 9.53 Å². The van der Waals surface area contributed by atoms with E-state index in [1.165, 1.54) is 0 Å². The van der Waals surface area contributed by atoms with Crippen molar-refractivity contribution >= 4 is 23.1 Å². The van der Waals surface area contributed by atoms with Crippen LogP contribution in [0, 0.1) is 5.41 Å². The summed E-state index contributed by atoms with van der Waals surface area (Å²) in [7, 11) is 0. The first-order chi connectivity index (χ1) is 8.29. The topological polar surface area (TPSA) is 55.6 Å². The zero-order chi connectivity index (χ0) is 14.0. The number of amides is 1. The van der Waals surface area contributed by atoms with E-state index in [0.717, 1.165) is 0 Å². The largest absolute Gasteiger partial charge is 0.392 e. The van der Waals surface area contributed by atoms with Gasteiger partial charge in [-0.15, -0.1) is 0 Å². The van der Waals surface area contributed by atoms with Crippen LogP contribution in [0.1, 0.15) is 40.5 Å². The third kappa shape index (κ3) is 2.83. The van der Waals surface area contributed by atoms with Crippen LogP contribution < -0.4 is 5.73 Å². The molecule has 0 atom stereocenters. The van der Waals surface area contributed by atoms with Crippen LogP contribution in [0.5, 0.6) is 0 Å². The van der Waals surface area contributed by atoms with Crippen LogP contribution in [0.3, 0.4) is 0 Å². The Kier molecular flexibility index (Phi) is 4.72. The normalized spacial score (nSPS) is 19.7. The van der Waals surface area contributed by atoms with Crippen molar-refractivity contribution in [3.05, 3.63) is 0 Å². The molecule has 0 unspecified atom stereocenters. The van der Waals surface area contributed by atoms with Crippen molar-refractivity contribution in [3.63, 3.8) is 0 Å². The summed E-state index contributed by atoms with van der Waals surface area (Å²) in [5.74, 6) is 0.0522. The molecule has 0 radical (unpaired) electrons. The van der Waals surface area contributed by atoms with E-state index in [0.29, 0.717) is 37.5 Å². The van der Waals surface area contributed by atoms with Crippen molar-refractivity contribution in [2.45, 2.75) is 46.1 Å². The van der Waals surface area contributed by atoms with Gasteiger partial charge in [0.15, 0.2) is 0 Å². The maximum absolute atomic E-state index is 12.7. The second-order valence-corrected chi connectivity index (χ2v) is 5.93. The number of thiocarbonyl (C=S) groups is 1. The molecule has 1 rings (SSSR count). The van der Waals surface area contributed by atoms with E-state index in [-0.39, 0.29) is 11.5 Å². The van der Waals surface area contributed by atoms with Gasteiger partial charge >= 0.3 is 0 Å². The van der Waals surface area contributed by atoms with Gasteiger partial charge in [-0.05, 0) is 26.7 Å². The van der Waals surface area contributed by atoms with Crippen molar-refractivity contribution < 1.29 is 9.53 Å². The molecular formula is C13H24N2O2S. The Morgan fingerprint density at radius 3 is 2.39 bits per heavy atom. The fourth-order valence-corrected chi connectivity index (χ4v) is 2.87. The summed E-state index contributed by atoms with van der Waals surface area (Å²) in [6.07, 6.45) is 1.30. The predicted octanol–water partition coefficient (Wildman–Crippen LogP) is 1.72. The Morgan fingerprint density at radius 2 is 2.00 bits per heavy atom. The molecule has 1 aliphatic rings. The van der Waals surface area contributed by atoms with Crippen molar-refractivity contribution in [2.24, 2.45) is 11.1 Å². The zero-order valence-electron chi connectivity index (χ0n) is 11.8. The first kappa shape index (κ1) is 15.4. The number of morpholine rings is 1. The van der Waals surface area contributed by atoms with Gasteiger partial charge in [0.05, 0.1) is 22.6 Å². The highest BCUT2D eigenvalue weighted by atomic mass is 32.1. The highest BCUT2D eigenvalue weighted by Crippen LogP contribution is 2.31. The standard InChI is InChI=1S/C13H24N2O2S/c1-5-13(6-2,10(14)18)11(16)15-7-8-17-12(3,4)9-15/h5-9H2,1-4H3,(H2,14,18). The number of rotatable bonds is 4. The monoisotopic (exact) mass is 272 g/mol. The molecule has 0 aromatic rings. The Labute approximate surface area is 115 Å². The lowest BCUT2D eigenvalue weighted by Gasteiger charge is -2.42. The molecule has 1 amide bonds. The fourth-order valence-electron chi connectivity index (χ4n) is 2.50. The summed E-state index contributed by atoms with van der Waals surface area (Å²) >= 11 is 5.13. The minimum absolute atomic E-state index is 0.0522. The Bertz CT molecular complexity index is 338. The van der Waals surface area contributed by atoms with E-state index in [1.807, 2.05) is 32.6 Å². The first-order valence-corrected chi connectivity index (χ1v) is 6.93. The number of hydrogen-bond donors (Lipinski definition) is 1. The molecular weight excluding hydrogens is 248 g/mol. The van der Waals surface area contributed by atoms with Crippen LogP contribution in [0.25, 0.3) is 0 Å². The van der Waals surface area contributed by atoms with E-state index in [9.17, 15) is 4.79 Å². The maximum atomic E-state index is 12.7. The van der Waals surface area contributed by atoms with Crippen LogP contribution >= 0.6 is 12.2 Å². The zero-order valence-corrected chi connectivity index (χ0v) is 12.6. The predicted molar refractivity (Wildman–Crippen MR) is 76.4 cm³/mol. The number of nitrogens with two attached hydrogens (primary N) is 1. The molecule has 1 fully saturated rings. The molecule has 0 aromatic heterocycles. The van der Waals surface area contributed by atoms with Gasteiger partial charge in [0.25, 0.3) is 0 Å². The van der Waals surface area contributed by atoms with Crippen LogP contribution in [-0.4, -0.2) is 41.1 Å². The molecule has 18 heavy (non-hydrogen) atoms. The van der Waals surface area contributed by atoms with Gasteiger partial charge < -0.3 is 15.4 Å². The third-order valence-corrected chi connectivity index (χ3v) is 4.19. The Hall–Kier alpha value is -0.680. The maximum Gasteiger partial charge on any atom is 0.235 e. The van der Waals surface area contributed by atoms with Crippen molar-refractivity contribution in [3.8, 4) is 0 Å². The van der Waals surface area contributed by atoms with Gasteiger partial charge in [-0.1, -0.05) is 26.1 Å². The number of ether oxygens (including phenoxy) is 1. The summed E-state index contributed by atoms with van der Waals surface area (Å²) in [5, 5.41) is 0. The number of hydrogen-bond acceptors (Lipinski definition) is 3. The van der Waals surface area contributed by atoms with E-state index < -0.39 is 5.41 Å². The molecule has 0 aromatic carbocycles. The third-order valence-electron chi connectivity index (χ3n) is 3.80. The van der Waals surface area contributed by atoms with Crippen LogP contribution in [0.15, 0.2) is 0 Å². The summed E-state index contributed by atoms with van der Waals surface area (Å²) in [5.41, 5.74) is 4.83. The fraction of sp³-hybridized carbons (Fsp3) is 0.846. The van der Waals surface area contributed by atoms with Crippen molar-refractivity contribution in [1.29, 1.82) is 0 Å². The Balaban J connectivity index is 2.94. The Morgan fingerprint density at radius 1 is 1.44 bits per heavy atom. The number of nitrogens with zero attached hydrogens (tertiary/aromatic N) is 1. The molecule has 104 valence electrons. The SMILES string of the molecule is CCC(CC)(C(=O)N1CCOC(C)(C)C1)C(N)=S. The highest BCUT2D eigenvalue weighted by Gasteiger charge is 2.43. The lowest BCUT2D eigenvalue weighted by Crippen LogP contribution is -2.57. The van der Waals surface area contributed by atoms with Gasteiger partial charge in [0, 0.05) is 13.1 Å². The quantitative estimate of drug-likeness (QED) is 0.792. The minimum Gasteiger partial charge on any atom is -0.392 e. The summed E-state index contributed by atoms with van der Waals surface area (Å²) in [6, 6.07) is 0. The molecule has 5 heteroatoms. The summed E-state index contributed by atoms with van der Waals surface area (Å²) in [4.78, 5) is 14.9. The van der Waals surface area contributed by atoms with E-state index in [1.54, 1.807) is 0 Å². The van der Waals surface area contributed by atoms with Gasteiger partial charge in [0.1, 0.15) is 0 Å². The lowest BCUT2D eigenvalue weighted by atomic mass is 9.80. The summed E-state index contributed by atoms with van der Waals surface area (Å²) < 4.78 is 5.63. The second-order valence-electron chi connectivity index (χ2n) is 5.49. The van der Waals surface area contributed by atoms with Crippen LogP contribution in [0.2, 0.25) is 0 Å². The van der Waals surface area contributed by atoms with Crippen molar-refractivity contribution in [1.82, 2.24) is 4.90 Å². The average molecular weight is 272 g/mol. The van der Waals surface area contributed by atoms with Gasteiger partial charge in [-0.3, -0.25) is 4.79 Å². The molecule has 0 aliphatic carbocycles. The average Bonchev–Trinajstić information content (AvgIpc) is 2.29. The van der Waals surface area contributed by atoms with E-state index in [2.05, 4.69) is 0 Å². The summed E-state index contributed by atoms with van der Waals surface area (Å²) in [6.45, 7) is 9.69. The van der Waals surface area contributed by atoms with Gasteiger partial charge in [-0.25, -0.2) is 0 Å². The number of carbonyl (C=O) groups excluding carboxylic acids is 1. The van der Waals surface area contributed by atoms with Gasteiger partial charge in [-0.2, -0.15) is 0 Å². The highest BCUT2D eigenvalue weighted by molar-refractivity contribution is 7.80. The minimum atomic E-state index is -0.692. The van der Waals surface area contributed by atoms with Crippen LogP contribution in [0.4, 0.5) is 0 Å².